The molecule has 0 aromatic heterocycles. The molecule has 1 aromatic rings. The van der Waals surface area contributed by atoms with Gasteiger partial charge in [-0.2, -0.15) is 0 Å². The van der Waals surface area contributed by atoms with Gasteiger partial charge in [0.05, 0.1) is 0 Å². The van der Waals surface area contributed by atoms with Crippen LogP contribution in [0.4, 0.5) is 0 Å². The normalized spacial score (nSPS) is 12.5. The Hall–Kier alpha value is -0.410. The van der Waals surface area contributed by atoms with Crippen molar-refractivity contribution in [2.75, 3.05) is 0 Å². The first-order valence-electron chi connectivity index (χ1n) is 3.43. The van der Waals surface area contributed by atoms with E-state index in [0.717, 1.165) is 10.0 Å². The molecule has 0 N–H and O–H groups in total. The first-order valence-corrected chi connectivity index (χ1v) is 4.66. The molecule has 0 saturated heterocycles. The molecule has 2 nitrogen and oxygen atoms in total. The first-order chi connectivity index (χ1) is 5.72. The lowest BCUT2D eigenvalue weighted by Gasteiger charge is -2.00. The number of nitroso groups, excluding NO2 is 1. The molecule has 0 bridgehead atoms. The van der Waals surface area contributed by atoms with Crippen LogP contribution in [0.25, 0.3) is 0 Å². The van der Waals surface area contributed by atoms with E-state index in [1.165, 1.54) is 0 Å². The molecule has 0 saturated carbocycles. The van der Waals surface area contributed by atoms with Crippen molar-refractivity contribution in [1.29, 1.82) is 0 Å². The molecule has 0 aliphatic heterocycles. The lowest BCUT2D eigenvalue weighted by Crippen LogP contribution is -1.97. The van der Waals surface area contributed by atoms with E-state index >= 15 is 0 Å². The number of nitrogens with zero attached hydrogens (tertiary/aromatic N) is 1. The Bertz CT molecular complexity index is 262. The molecular weight excluding hydrogens is 241 g/mol. The fourth-order valence-corrected chi connectivity index (χ4v) is 1.29. The predicted octanol–water partition coefficient (Wildman–Crippen LogP) is 3.32. The quantitative estimate of drug-likeness (QED) is 0.458. The largest absolute Gasteiger partial charge is 0.169 e. The highest BCUT2D eigenvalue weighted by Gasteiger charge is 2.03. The Morgan fingerprint density at radius 1 is 1.42 bits per heavy atom. The van der Waals surface area contributed by atoms with E-state index in [2.05, 4.69) is 21.1 Å². The van der Waals surface area contributed by atoms with Crippen molar-refractivity contribution in [3.8, 4) is 0 Å². The molecule has 1 atom stereocenters. The van der Waals surface area contributed by atoms with Crippen molar-refractivity contribution in [2.24, 2.45) is 5.18 Å². The van der Waals surface area contributed by atoms with Crippen molar-refractivity contribution in [3.05, 3.63) is 39.2 Å². The van der Waals surface area contributed by atoms with Crippen molar-refractivity contribution < 1.29 is 0 Å². The fraction of sp³-hybridized carbons (Fsp3) is 0.250. The van der Waals surface area contributed by atoms with Gasteiger partial charge in [-0.15, -0.1) is 4.91 Å². The van der Waals surface area contributed by atoms with E-state index in [4.69, 9.17) is 11.6 Å². The Kier molecular flexibility index (Phi) is 3.69. The second kappa shape index (κ2) is 4.58. The molecule has 0 aliphatic rings. The standard InChI is InChI=1S/C8H7BrClNO/c9-7-3-1-6(2-4-7)5-8(10)11-12/h1-4,8H,5H2. The molecule has 1 rings (SSSR count). The van der Waals surface area contributed by atoms with Crippen LogP contribution in [0.15, 0.2) is 33.9 Å². The summed E-state index contributed by atoms with van der Waals surface area (Å²) < 4.78 is 1.01. The zero-order valence-corrected chi connectivity index (χ0v) is 8.55. The molecule has 0 fully saturated rings. The number of hydrogen-bond donors (Lipinski definition) is 0. The van der Waals surface area contributed by atoms with Crippen LogP contribution in [0.5, 0.6) is 0 Å². The van der Waals surface area contributed by atoms with E-state index < -0.39 is 5.50 Å². The van der Waals surface area contributed by atoms with Crippen LogP contribution in [-0.4, -0.2) is 5.50 Å². The highest BCUT2D eigenvalue weighted by Crippen LogP contribution is 2.13. The average molecular weight is 249 g/mol. The molecule has 12 heavy (non-hydrogen) atoms. The minimum absolute atomic E-state index is 0.484. The van der Waals surface area contributed by atoms with Crippen LogP contribution in [0, 0.1) is 4.91 Å². The SMILES string of the molecule is O=NC(Cl)Cc1ccc(Br)cc1. The van der Waals surface area contributed by atoms with Gasteiger partial charge in [-0.1, -0.05) is 39.7 Å². The lowest BCUT2D eigenvalue weighted by molar-refractivity contribution is 0.883. The maximum absolute atomic E-state index is 9.98. The van der Waals surface area contributed by atoms with E-state index in [0.29, 0.717) is 6.42 Å². The number of hydrogen-bond acceptors (Lipinski definition) is 2. The summed E-state index contributed by atoms with van der Waals surface area (Å²) in [5.41, 5.74) is 0.351. The highest BCUT2D eigenvalue weighted by molar-refractivity contribution is 9.10. The summed E-state index contributed by atoms with van der Waals surface area (Å²) in [6, 6.07) is 7.63. The van der Waals surface area contributed by atoms with Crippen molar-refractivity contribution >= 4 is 27.5 Å². The third-order valence-corrected chi connectivity index (χ3v) is 2.19. The van der Waals surface area contributed by atoms with Crippen molar-refractivity contribution in [3.63, 3.8) is 0 Å². The molecule has 0 spiro atoms. The number of halogens is 2. The van der Waals surface area contributed by atoms with Crippen LogP contribution in [0.2, 0.25) is 0 Å². The van der Waals surface area contributed by atoms with Gasteiger partial charge < -0.3 is 0 Å². The molecule has 0 heterocycles. The van der Waals surface area contributed by atoms with Gasteiger partial charge in [-0.25, -0.2) is 0 Å². The van der Waals surface area contributed by atoms with E-state index in [1.54, 1.807) is 0 Å². The van der Waals surface area contributed by atoms with Gasteiger partial charge in [-0.05, 0) is 22.9 Å². The molecule has 4 heteroatoms. The molecular formula is C8H7BrClNO. The van der Waals surface area contributed by atoms with Gasteiger partial charge in [0, 0.05) is 10.9 Å². The van der Waals surface area contributed by atoms with Crippen molar-refractivity contribution in [2.45, 2.75) is 11.9 Å². The van der Waals surface area contributed by atoms with Gasteiger partial charge in [0.25, 0.3) is 0 Å². The van der Waals surface area contributed by atoms with E-state index in [1.807, 2.05) is 24.3 Å². The summed E-state index contributed by atoms with van der Waals surface area (Å²) in [5, 5.41) is 2.71. The molecule has 1 aromatic carbocycles. The smallest absolute Gasteiger partial charge is 0.149 e. The van der Waals surface area contributed by atoms with Crippen molar-refractivity contribution in [1.82, 2.24) is 0 Å². The Labute approximate surface area is 84.0 Å². The maximum atomic E-state index is 9.98. The highest BCUT2D eigenvalue weighted by atomic mass is 79.9. The number of rotatable bonds is 3. The predicted molar refractivity (Wildman–Crippen MR) is 53.3 cm³/mol. The zero-order chi connectivity index (χ0) is 8.97. The molecule has 64 valence electrons. The summed E-state index contributed by atoms with van der Waals surface area (Å²) in [5.74, 6) is 0. The zero-order valence-electron chi connectivity index (χ0n) is 6.21. The summed E-state index contributed by atoms with van der Waals surface area (Å²) in [7, 11) is 0. The van der Waals surface area contributed by atoms with Crippen LogP contribution in [0.1, 0.15) is 5.56 Å². The third-order valence-electron chi connectivity index (χ3n) is 1.43. The van der Waals surface area contributed by atoms with E-state index in [9.17, 15) is 4.91 Å². The van der Waals surface area contributed by atoms with Crippen LogP contribution >= 0.6 is 27.5 Å². The fourth-order valence-electron chi connectivity index (χ4n) is 0.852. The Balaban J connectivity index is 2.64. The first kappa shape index (κ1) is 9.68. The molecule has 1 unspecified atom stereocenters. The Morgan fingerprint density at radius 2 is 2.00 bits per heavy atom. The monoisotopic (exact) mass is 247 g/mol. The topological polar surface area (TPSA) is 29.4 Å². The summed E-state index contributed by atoms with van der Waals surface area (Å²) in [6.07, 6.45) is 0.484. The summed E-state index contributed by atoms with van der Waals surface area (Å²) in [4.78, 5) is 9.98. The van der Waals surface area contributed by atoms with Gasteiger partial charge in [0.1, 0.15) is 0 Å². The lowest BCUT2D eigenvalue weighted by atomic mass is 10.1. The van der Waals surface area contributed by atoms with Gasteiger partial charge >= 0.3 is 0 Å². The minimum atomic E-state index is -0.661. The van der Waals surface area contributed by atoms with Gasteiger partial charge in [0.15, 0.2) is 5.50 Å². The molecule has 0 aliphatic carbocycles. The van der Waals surface area contributed by atoms with Crippen LogP contribution in [0.3, 0.4) is 0 Å². The van der Waals surface area contributed by atoms with E-state index in [-0.39, 0.29) is 0 Å². The number of alkyl halides is 1. The minimum Gasteiger partial charge on any atom is -0.149 e. The van der Waals surface area contributed by atoms with Crippen LogP contribution < -0.4 is 0 Å². The molecule has 0 radical (unpaired) electrons. The number of benzene rings is 1. The second-order valence-corrected chi connectivity index (χ2v) is 3.79. The van der Waals surface area contributed by atoms with Gasteiger partial charge in [-0.3, -0.25) is 0 Å². The molecule has 0 amide bonds. The summed E-state index contributed by atoms with van der Waals surface area (Å²) in [6.45, 7) is 0. The second-order valence-electron chi connectivity index (χ2n) is 2.37. The van der Waals surface area contributed by atoms with Gasteiger partial charge in [0.2, 0.25) is 0 Å². The Morgan fingerprint density at radius 3 is 2.50 bits per heavy atom. The average Bonchev–Trinajstić information content (AvgIpc) is 2.09. The maximum Gasteiger partial charge on any atom is 0.169 e. The third kappa shape index (κ3) is 2.91. The summed E-state index contributed by atoms with van der Waals surface area (Å²) >= 11 is 8.86. The van der Waals surface area contributed by atoms with Crippen LogP contribution in [-0.2, 0) is 6.42 Å².